The Bertz CT molecular complexity index is 1220. The van der Waals surface area contributed by atoms with E-state index >= 15 is 0 Å². The largest absolute Gasteiger partial charge is 0.492 e. The second-order valence-electron chi connectivity index (χ2n) is 6.87. The molecule has 0 aliphatic rings. The zero-order valence-corrected chi connectivity index (χ0v) is 17.5. The Morgan fingerprint density at radius 1 is 1.00 bits per heavy atom. The molecule has 0 aliphatic heterocycles. The van der Waals surface area contributed by atoms with Crippen LogP contribution < -0.4 is 10.1 Å². The van der Waals surface area contributed by atoms with Crippen molar-refractivity contribution in [2.24, 2.45) is 0 Å². The summed E-state index contributed by atoms with van der Waals surface area (Å²) < 4.78 is 5.66. The molecule has 1 aromatic heterocycles. The first kappa shape index (κ1) is 19.9. The number of halogens is 1. The maximum absolute atomic E-state index is 13.4. The summed E-state index contributed by atoms with van der Waals surface area (Å²) >= 11 is 6.05. The molecule has 30 heavy (non-hydrogen) atoms. The minimum atomic E-state index is -0.200. The van der Waals surface area contributed by atoms with Gasteiger partial charge in [-0.05, 0) is 49.7 Å². The minimum absolute atomic E-state index is 0.200. The van der Waals surface area contributed by atoms with Crippen molar-refractivity contribution in [3.8, 4) is 17.0 Å². The van der Waals surface area contributed by atoms with Crippen LogP contribution in [0.5, 0.6) is 5.75 Å². The van der Waals surface area contributed by atoms with Gasteiger partial charge in [0.15, 0.2) is 0 Å². The number of aromatic nitrogens is 1. The smallest absolute Gasteiger partial charge is 0.256 e. The summed E-state index contributed by atoms with van der Waals surface area (Å²) in [5.41, 5.74) is 4.47. The highest BCUT2D eigenvalue weighted by molar-refractivity contribution is 6.30. The average molecular weight is 417 g/mol. The molecule has 1 heterocycles. The van der Waals surface area contributed by atoms with E-state index in [1.54, 1.807) is 0 Å². The number of ether oxygens (including phenoxy) is 1. The molecule has 0 saturated heterocycles. The lowest BCUT2D eigenvalue weighted by Crippen LogP contribution is -2.16. The molecular formula is C25H21ClN2O2. The van der Waals surface area contributed by atoms with Gasteiger partial charge >= 0.3 is 0 Å². The molecule has 0 unspecified atom stereocenters. The van der Waals surface area contributed by atoms with E-state index in [1.165, 1.54) is 0 Å². The Balaban J connectivity index is 1.84. The first-order valence-electron chi connectivity index (χ1n) is 9.77. The Hall–Kier alpha value is -3.37. The van der Waals surface area contributed by atoms with Crippen LogP contribution in [0.25, 0.3) is 22.2 Å². The van der Waals surface area contributed by atoms with Crippen LogP contribution in [0.4, 0.5) is 5.69 Å². The minimum Gasteiger partial charge on any atom is -0.492 e. The molecule has 0 bridgehead atoms. The summed E-state index contributed by atoms with van der Waals surface area (Å²) in [6.45, 7) is 4.36. The zero-order chi connectivity index (χ0) is 21.1. The topological polar surface area (TPSA) is 51.2 Å². The van der Waals surface area contributed by atoms with Crippen LogP contribution in [0, 0.1) is 6.92 Å². The van der Waals surface area contributed by atoms with E-state index in [1.807, 2.05) is 86.6 Å². The molecule has 0 spiro atoms. The number of para-hydroxylation sites is 3. The van der Waals surface area contributed by atoms with Crippen molar-refractivity contribution >= 4 is 34.1 Å². The Morgan fingerprint density at radius 3 is 2.47 bits per heavy atom. The molecule has 4 rings (SSSR count). The molecule has 3 aromatic carbocycles. The molecule has 0 radical (unpaired) electrons. The van der Waals surface area contributed by atoms with Gasteiger partial charge in [-0.1, -0.05) is 54.1 Å². The lowest BCUT2D eigenvalue weighted by molar-refractivity contribution is 0.102. The lowest BCUT2D eigenvalue weighted by atomic mass is 9.97. The van der Waals surface area contributed by atoms with Gasteiger partial charge in [0.25, 0.3) is 5.91 Å². The maximum atomic E-state index is 13.4. The van der Waals surface area contributed by atoms with Crippen molar-refractivity contribution in [3.63, 3.8) is 0 Å². The SMILES string of the molecule is CCOc1ccccc1NC(=O)c1c(C)c(-c2ccc(Cl)cc2)nc2ccccc12. The summed E-state index contributed by atoms with van der Waals surface area (Å²) in [5, 5.41) is 4.48. The van der Waals surface area contributed by atoms with Crippen LogP contribution in [-0.2, 0) is 0 Å². The van der Waals surface area contributed by atoms with Gasteiger partial charge in [0.2, 0.25) is 0 Å². The number of benzene rings is 3. The molecule has 0 saturated carbocycles. The van der Waals surface area contributed by atoms with E-state index in [0.29, 0.717) is 28.6 Å². The predicted molar refractivity (Wildman–Crippen MR) is 122 cm³/mol. The number of fused-ring (bicyclic) bond motifs is 1. The Labute approximate surface area is 180 Å². The number of hydrogen-bond donors (Lipinski definition) is 1. The van der Waals surface area contributed by atoms with Crippen molar-refractivity contribution in [1.29, 1.82) is 0 Å². The van der Waals surface area contributed by atoms with Crippen LogP contribution in [0.1, 0.15) is 22.8 Å². The molecular weight excluding hydrogens is 396 g/mol. The number of carbonyl (C=O) groups is 1. The van der Waals surface area contributed by atoms with Crippen molar-refractivity contribution in [2.45, 2.75) is 13.8 Å². The predicted octanol–water partition coefficient (Wildman–Crippen LogP) is 6.51. The third kappa shape index (κ3) is 3.87. The highest BCUT2D eigenvalue weighted by atomic mass is 35.5. The second kappa shape index (κ2) is 8.56. The van der Waals surface area contributed by atoms with Gasteiger partial charge in [0.05, 0.1) is 29.1 Å². The summed E-state index contributed by atoms with van der Waals surface area (Å²) in [7, 11) is 0. The first-order chi connectivity index (χ1) is 14.6. The Morgan fingerprint density at radius 2 is 1.70 bits per heavy atom. The normalized spacial score (nSPS) is 10.8. The molecule has 150 valence electrons. The maximum Gasteiger partial charge on any atom is 0.256 e. The molecule has 1 N–H and O–H groups in total. The number of pyridine rings is 1. The van der Waals surface area contributed by atoms with Gasteiger partial charge in [-0.25, -0.2) is 4.98 Å². The van der Waals surface area contributed by atoms with Crippen molar-refractivity contribution in [3.05, 3.63) is 88.9 Å². The summed E-state index contributed by atoms with van der Waals surface area (Å²) in [6.07, 6.45) is 0. The molecule has 0 fully saturated rings. The van der Waals surface area contributed by atoms with E-state index in [4.69, 9.17) is 21.3 Å². The van der Waals surface area contributed by atoms with Gasteiger partial charge in [0.1, 0.15) is 5.75 Å². The highest BCUT2D eigenvalue weighted by Gasteiger charge is 2.20. The van der Waals surface area contributed by atoms with Gasteiger partial charge in [-0.2, -0.15) is 0 Å². The summed E-state index contributed by atoms with van der Waals surface area (Å²) in [5.74, 6) is 0.441. The number of hydrogen-bond acceptors (Lipinski definition) is 3. The highest BCUT2D eigenvalue weighted by Crippen LogP contribution is 2.32. The van der Waals surface area contributed by atoms with Gasteiger partial charge in [-0.15, -0.1) is 0 Å². The van der Waals surface area contributed by atoms with Crippen molar-refractivity contribution in [1.82, 2.24) is 4.98 Å². The van der Waals surface area contributed by atoms with Crippen LogP contribution in [0.2, 0.25) is 5.02 Å². The fraction of sp³-hybridized carbons (Fsp3) is 0.120. The average Bonchev–Trinajstić information content (AvgIpc) is 2.75. The first-order valence-corrected chi connectivity index (χ1v) is 10.1. The van der Waals surface area contributed by atoms with Crippen molar-refractivity contribution in [2.75, 3.05) is 11.9 Å². The number of rotatable bonds is 5. The van der Waals surface area contributed by atoms with E-state index < -0.39 is 0 Å². The summed E-state index contributed by atoms with van der Waals surface area (Å²) in [6, 6.07) is 22.6. The molecule has 4 aromatic rings. The number of nitrogens with zero attached hydrogens (tertiary/aromatic N) is 1. The lowest BCUT2D eigenvalue weighted by Gasteiger charge is -2.16. The van der Waals surface area contributed by atoms with Crippen LogP contribution in [-0.4, -0.2) is 17.5 Å². The number of amides is 1. The molecule has 5 heteroatoms. The summed E-state index contributed by atoms with van der Waals surface area (Å²) in [4.78, 5) is 18.3. The second-order valence-corrected chi connectivity index (χ2v) is 7.30. The number of nitrogens with one attached hydrogen (secondary N) is 1. The van der Waals surface area contributed by atoms with Crippen LogP contribution >= 0.6 is 11.6 Å². The van der Waals surface area contributed by atoms with E-state index in [-0.39, 0.29) is 5.91 Å². The molecule has 0 aliphatic carbocycles. The fourth-order valence-electron chi connectivity index (χ4n) is 3.52. The van der Waals surface area contributed by atoms with Gasteiger partial charge < -0.3 is 10.1 Å². The molecule has 4 nitrogen and oxygen atoms in total. The standard InChI is InChI=1S/C25H21ClN2O2/c1-3-30-22-11-7-6-10-21(22)28-25(29)23-16(2)24(17-12-14-18(26)15-13-17)27-20-9-5-4-8-19(20)23/h4-15H,3H2,1-2H3,(H,28,29). The number of anilines is 1. The quantitative estimate of drug-likeness (QED) is 0.403. The van der Waals surface area contributed by atoms with Gasteiger partial charge in [0, 0.05) is 16.0 Å². The zero-order valence-electron chi connectivity index (χ0n) is 16.8. The Kier molecular flexibility index (Phi) is 5.68. The van der Waals surface area contributed by atoms with Crippen LogP contribution in [0.3, 0.4) is 0 Å². The molecule has 0 atom stereocenters. The van der Waals surface area contributed by atoms with Crippen LogP contribution in [0.15, 0.2) is 72.8 Å². The third-order valence-corrected chi connectivity index (χ3v) is 5.17. The van der Waals surface area contributed by atoms with Gasteiger partial charge in [-0.3, -0.25) is 4.79 Å². The van der Waals surface area contributed by atoms with E-state index in [2.05, 4.69) is 5.32 Å². The van der Waals surface area contributed by atoms with Crippen molar-refractivity contribution < 1.29 is 9.53 Å². The third-order valence-electron chi connectivity index (χ3n) is 4.92. The molecule has 1 amide bonds. The fourth-order valence-corrected chi connectivity index (χ4v) is 3.65. The monoisotopic (exact) mass is 416 g/mol. The number of carbonyl (C=O) groups excluding carboxylic acids is 1. The van der Waals surface area contributed by atoms with E-state index in [9.17, 15) is 4.79 Å². The van der Waals surface area contributed by atoms with E-state index in [0.717, 1.165) is 27.7 Å².